The first kappa shape index (κ1) is 8.86. The van der Waals surface area contributed by atoms with E-state index in [0.717, 1.165) is 5.56 Å². The third-order valence-electron chi connectivity index (χ3n) is 1.24. The summed E-state index contributed by atoms with van der Waals surface area (Å²) < 4.78 is 24.7. The Bertz CT molecular complexity index is 232. The Kier molecular flexibility index (Phi) is 3.19. The Balaban J connectivity index is 2.56. The van der Waals surface area contributed by atoms with Crippen molar-refractivity contribution in [3.05, 3.63) is 22.4 Å². The molecule has 1 aromatic heterocycles. The van der Waals surface area contributed by atoms with Crippen LogP contribution in [0.25, 0.3) is 0 Å². The van der Waals surface area contributed by atoms with Crippen molar-refractivity contribution in [1.82, 2.24) is 0 Å². The summed E-state index contributed by atoms with van der Waals surface area (Å²) in [5, 5.41) is 3.74. The summed E-state index contributed by atoms with van der Waals surface area (Å²) in [6.45, 7) is 1.69. The van der Waals surface area contributed by atoms with Crippen LogP contribution in [0, 0.1) is 0 Å². The average molecular weight is 191 g/mol. The molecule has 0 saturated carbocycles. The summed E-state index contributed by atoms with van der Waals surface area (Å²) >= 11 is -0.912. The van der Waals surface area contributed by atoms with E-state index in [-0.39, 0.29) is 6.10 Å². The van der Waals surface area contributed by atoms with Gasteiger partial charge in [0.05, 0.1) is 17.5 Å². The first-order valence-electron chi connectivity index (χ1n) is 2.98. The minimum Gasteiger partial charge on any atom is -0.750 e. The molecule has 0 spiro atoms. The third-order valence-corrected chi connectivity index (χ3v) is 2.38. The van der Waals surface area contributed by atoms with Crippen LogP contribution in [-0.2, 0) is 15.5 Å². The first-order valence-corrected chi connectivity index (χ1v) is 4.93. The van der Waals surface area contributed by atoms with Crippen LogP contribution in [0.4, 0.5) is 0 Å². The van der Waals surface area contributed by atoms with Gasteiger partial charge in [-0.2, -0.15) is 11.3 Å². The van der Waals surface area contributed by atoms with Crippen molar-refractivity contribution in [2.24, 2.45) is 0 Å². The molecule has 11 heavy (non-hydrogen) atoms. The van der Waals surface area contributed by atoms with Gasteiger partial charge in [0.1, 0.15) is 0 Å². The van der Waals surface area contributed by atoms with Crippen LogP contribution < -0.4 is 0 Å². The molecule has 0 saturated heterocycles. The molecule has 1 rings (SSSR count). The smallest absolute Gasteiger partial charge is 0.0967 e. The second-order valence-corrected chi connectivity index (χ2v) is 3.38. The topological polar surface area (TPSA) is 49.4 Å². The predicted octanol–water partition coefficient (Wildman–Crippen LogP) is 1.62. The molecular formula is C6H7O3S2-. The molecule has 5 heteroatoms. The number of thiophene rings is 1. The zero-order valence-electron chi connectivity index (χ0n) is 5.85. The summed E-state index contributed by atoms with van der Waals surface area (Å²) in [6.07, 6.45) is -0.375. The van der Waals surface area contributed by atoms with Gasteiger partial charge in [-0.3, -0.25) is 4.18 Å². The van der Waals surface area contributed by atoms with Gasteiger partial charge in [-0.1, -0.05) is 0 Å². The maximum atomic E-state index is 10.1. The van der Waals surface area contributed by atoms with Crippen LogP contribution in [-0.4, -0.2) is 8.76 Å². The van der Waals surface area contributed by atoms with Crippen LogP contribution >= 0.6 is 11.3 Å². The Morgan fingerprint density at radius 1 is 1.82 bits per heavy atom. The van der Waals surface area contributed by atoms with Crippen molar-refractivity contribution in [3.63, 3.8) is 0 Å². The van der Waals surface area contributed by atoms with Crippen molar-refractivity contribution in [3.8, 4) is 0 Å². The van der Waals surface area contributed by atoms with Gasteiger partial charge in [-0.15, -0.1) is 0 Å². The van der Waals surface area contributed by atoms with E-state index >= 15 is 0 Å². The fourth-order valence-electron chi connectivity index (χ4n) is 0.680. The molecule has 0 aliphatic carbocycles. The number of hydrogen-bond acceptors (Lipinski definition) is 4. The standard InChI is InChI=1S/C6H8O3S2/c1-5(9-11(7)8)6-2-3-10-4-6/h2-5H,1H3,(H,7,8)/p-1. The van der Waals surface area contributed by atoms with Crippen molar-refractivity contribution >= 4 is 22.7 Å². The van der Waals surface area contributed by atoms with Crippen LogP contribution in [0.1, 0.15) is 18.6 Å². The van der Waals surface area contributed by atoms with Gasteiger partial charge < -0.3 is 4.55 Å². The van der Waals surface area contributed by atoms with Crippen LogP contribution in [0.5, 0.6) is 0 Å². The molecule has 0 N–H and O–H groups in total. The maximum Gasteiger partial charge on any atom is 0.0967 e. The molecule has 0 fully saturated rings. The molecule has 0 amide bonds. The van der Waals surface area contributed by atoms with E-state index in [2.05, 4.69) is 4.18 Å². The van der Waals surface area contributed by atoms with E-state index in [4.69, 9.17) is 0 Å². The fraction of sp³-hybridized carbons (Fsp3) is 0.333. The molecule has 0 bridgehead atoms. The number of hydrogen-bond donors (Lipinski definition) is 0. The molecular weight excluding hydrogens is 184 g/mol. The highest BCUT2D eigenvalue weighted by molar-refractivity contribution is 7.74. The molecule has 2 unspecified atom stereocenters. The predicted molar refractivity (Wildman–Crippen MR) is 42.7 cm³/mol. The molecule has 0 aliphatic rings. The lowest BCUT2D eigenvalue weighted by Crippen LogP contribution is -2.00. The summed E-state index contributed by atoms with van der Waals surface area (Å²) in [5.74, 6) is 0. The van der Waals surface area contributed by atoms with Crippen molar-refractivity contribution in [2.75, 3.05) is 0 Å². The molecule has 0 aliphatic heterocycles. The molecule has 0 radical (unpaired) electrons. The van der Waals surface area contributed by atoms with E-state index in [9.17, 15) is 8.76 Å². The minimum atomic E-state index is -2.43. The molecule has 0 aromatic carbocycles. The summed E-state index contributed by atoms with van der Waals surface area (Å²) in [6, 6.07) is 1.84. The maximum absolute atomic E-state index is 10.1. The molecule has 1 aromatic rings. The van der Waals surface area contributed by atoms with E-state index in [1.165, 1.54) is 11.3 Å². The molecule has 62 valence electrons. The second-order valence-electron chi connectivity index (χ2n) is 2.00. The van der Waals surface area contributed by atoms with Gasteiger partial charge in [-0.05, 0) is 29.3 Å². The monoisotopic (exact) mass is 191 g/mol. The molecule has 1 heterocycles. The normalized spacial score (nSPS) is 16.2. The van der Waals surface area contributed by atoms with Gasteiger partial charge in [0, 0.05) is 0 Å². The SMILES string of the molecule is CC(OS(=O)[O-])c1ccsc1. The average Bonchev–Trinajstić information content (AvgIpc) is 2.35. The zero-order valence-corrected chi connectivity index (χ0v) is 7.48. The molecule has 3 nitrogen and oxygen atoms in total. The fourth-order valence-corrected chi connectivity index (χ4v) is 1.77. The Labute approximate surface area is 71.5 Å². The highest BCUT2D eigenvalue weighted by Crippen LogP contribution is 2.19. The lowest BCUT2D eigenvalue weighted by Gasteiger charge is -2.11. The minimum absolute atomic E-state index is 0.375. The molecule has 2 atom stereocenters. The van der Waals surface area contributed by atoms with Gasteiger partial charge in [0.15, 0.2) is 0 Å². The van der Waals surface area contributed by atoms with Gasteiger partial charge in [0.2, 0.25) is 0 Å². The summed E-state index contributed by atoms with van der Waals surface area (Å²) in [5.41, 5.74) is 0.888. The third kappa shape index (κ3) is 2.70. The zero-order chi connectivity index (χ0) is 8.27. The largest absolute Gasteiger partial charge is 0.750 e. The summed E-state index contributed by atoms with van der Waals surface area (Å²) in [7, 11) is 0. The van der Waals surface area contributed by atoms with E-state index in [1.807, 2.05) is 16.8 Å². The lowest BCUT2D eigenvalue weighted by atomic mass is 10.2. The van der Waals surface area contributed by atoms with Crippen LogP contribution in [0.3, 0.4) is 0 Å². The van der Waals surface area contributed by atoms with Crippen molar-refractivity contribution < 1.29 is 12.9 Å². The van der Waals surface area contributed by atoms with E-state index < -0.39 is 11.4 Å². The number of rotatable bonds is 3. The van der Waals surface area contributed by atoms with E-state index in [1.54, 1.807) is 6.92 Å². The first-order chi connectivity index (χ1) is 5.20. The van der Waals surface area contributed by atoms with Crippen LogP contribution in [0.15, 0.2) is 16.8 Å². The van der Waals surface area contributed by atoms with Crippen molar-refractivity contribution in [2.45, 2.75) is 13.0 Å². The highest BCUT2D eigenvalue weighted by atomic mass is 32.2. The van der Waals surface area contributed by atoms with E-state index in [0.29, 0.717) is 0 Å². The lowest BCUT2D eigenvalue weighted by molar-refractivity contribution is 0.224. The van der Waals surface area contributed by atoms with Gasteiger partial charge in [0.25, 0.3) is 0 Å². The Morgan fingerprint density at radius 3 is 3.00 bits per heavy atom. The quantitative estimate of drug-likeness (QED) is 0.682. The Hall–Kier alpha value is -0.230. The van der Waals surface area contributed by atoms with Crippen molar-refractivity contribution in [1.29, 1.82) is 0 Å². The summed E-state index contributed by atoms with van der Waals surface area (Å²) in [4.78, 5) is 0. The van der Waals surface area contributed by atoms with Gasteiger partial charge in [-0.25, -0.2) is 4.21 Å². The van der Waals surface area contributed by atoms with Gasteiger partial charge >= 0.3 is 0 Å². The van der Waals surface area contributed by atoms with Crippen LogP contribution in [0.2, 0.25) is 0 Å². The Morgan fingerprint density at radius 2 is 2.55 bits per heavy atom. The second kappa shape index (κ2) is 3.96. The highest BCUT2D eigenvalue weighted by Gasteiger charge is 2.05.